The summed E-state index contributed by atoms with van der Waals surface area (Å²) in [6.07, 6.45) is 0. The smallest absolute Gasteiger partial charge is 0.377 e. The van der Waals surface area contributed by atoms with E-state index in [2.05, 4.69) is 10.1 Å². The summed E-state index contributed by atoms with van der Waals surface area (Å²) in [6.45, 7) is 1.94. The second-order valence-corrected chi connectivity index (χ2v) is 3.63. The van der Waals surface area contributed by atoms with Gasteiger partial charge < -0.3 is 9.63 Å². The average molecular weight is 210 g/mol. The molecule has 2 aromatic heterocycles. The molecular weight excluding hydrogens is 204 g/mol. The van der Waals surface area contributed by atoms with Gasteiger partial charge in [0.05, 0.1) is 4.88 Å². The van der Waals surface area contributed by atoms with Crippen molar-refractivity contribution in [2.24, 2.45) is 0 Å². The van der Waals surface area contributed by atoms with E-state index in [1.807, 2.05) is 18.4 Å². The van der Waals surface area contributed by atoms with E-state index in [4.69, 9.17) is 9.63 Å². The van der Waals surface area contributed by atoms with Crippen molar-refractivity contribution in [3.63, 3.8) is 0 Å². The van der Waals surface area contributed by atoms with E-state index in [1.165, 1.54) is 11.3 Å². The molecule has 0 unspecified atom stereocenters. The molecule has 2 heterocycles. The highest BCUT2D eigenvalue weighted by molar-refractivity contribution is 7.13. The average Bonchev–Trinajstić information content (AvgIpc) is 2.70. The van der Waals surface area contributed by atoms with Gasteiger partial charge in [0.15, 0.2) is 0 Å². The Balaban J connectivity index is 2.38. The summed E-state index contributed by atoms with van der Waals surface area (Å²) in [4.78, 5) is 15.0. The molecule has 5 nitrogen and oxygen atoms in total. The molecular formula is C8H6N2O3S. The van der Waals surface area contributed by atoms with E-state index in [-0.39, 0.29) is 11.7 Å². The first-order valence-corrected chi connectivity index (χ1v) is 4.67. The van der Waals surface area contributed by atoms with Gasteiger partial charge in [0.2, 0.25) is 0 Å². The van der Waals surface area contributed by atoms with Crippen LogP contribution in [0.3, 0.4) is 0 Å². The summed E-state index contributed by atoms with van der Waals surface area (Å²) >= 11 is 1.44. The number of carboxylic acids is 1. The van der Waals surface area contributed by atoms with Crippen molar-refractivity contribution in [1.29, 1.82) is 0 Å². The minimum Gasteiger partial charge on any atom is -0.475 e. The van der Waals surface area contributed by atoms with Crippen molar-refractivity contribution in [1.82, 2.24) is 10.1 Å². The maximum Gasteiger partial charge on any atom is 0.377 e. The largest absolute Gasteiger partial charge is 0.475 e. The van der Waals surface area contributed by atoms with Crippen LogP contribution < -0.4 is 0 Å². The zero-order valence-corrected chi connectivity index (χ0v) is 8.04. The normalized spacial score (nSPS) is 10.4. The van der Waals surface area contributed by atoms with Crippen LogP contribution in [-0.4, -0.2) is 21.2 Å². The lowest BCUT2D eigenvalue weighted by Crippen LogP contribution is -1.97. The zero-order valence-electron chi connectivity index (χ0n) is 7.22. The lowest BCUT2D eigenvalue weighted by Gasteiger charge is -1.82. The van der Waals surface area contributed by atoms with Crippen LogP contribution in [0.25, 0.3) is 10.8 Å². The van der Waals surface area contributed by atoms with Gasteiger partial charge >= 0.3 is 5.97 Å². The minimum atomic E-state index is -1.19. The highest BCUT2D eigenvalue weighted by Gasteiger charge is 2.14. The predicted molar refractivity (Wildman–Crippen MR) is 49.3 cm³/mol. The lowest BCUT2D eigenvalue weighted by atomic mass is 10.3. The molecule has 0 atom stereocenters. The van der Waals surface area contributed by atoms with Crippen molar-refractivity contribution >= 4 is 17.3 Å². The number of carboxylic acid groups (broad SMARTS) is 1. The van der Waals surface area contributed by atoms with Crippen molar-refractivity contribution in [3.05, 3.63) is 22.8 Å². The molecule has 0 bridgehead atoms. The van der Waals surface area contributed by atoms with Gasteiger partial charge in [-0.3, -0.25) is 0 Å². The zero-order chi connectivity index (χ0) is 10.1. The van der Waals surface area contributed by atoms with Crippen LogP contribution in [0.1, 0.15) is 16.2 Å². The van der Waals surface area contributed by atoms with Crippen LogP contribution >= 0.6 is 11.3 Å². The summed E-state index contributed by atoms with van der Waals surface area (Å²) in [5, 5.41) is 13.8. The van der Waals surface area contributed by atoms with Gasteiger partial charge in [-0.15, -0.1) is 11.3 Å². The van der Waals surface area contributed by atoms with E-state index in [1.54, 1.807) is 0 Å². The monoisotopic (exact) mass is 210 g/mol. The molecule has 0 aliphatic heterocycles. The number of hydrogen-bond acceptors (Lipinski definition) is 5. The molecule has 6 heteroatoms. The summed E-state index contributed by atoms with van der Waals surface area (Å²) < 4.78 is 4.79. The Kier molecular flexibility index (Phi) is 2.05. The maximum atomic E-state index is 10.5. The number of aromatic carboxylic acids is 1. The Morgan fingerprint density at radius 2 is 2.43 bits per heavy atom. The van der Waals surface area contributed by atoms with Crippen LogP contribution in [0.15, 0.2) is 16.0 Å². The highest BCUT2D eigenvalue weighted by atomic mass is 32.1. The van der Waals surface area contributed by atoms with Crippen molar-refractivity contribution in [2.75, 3.05) is 0 Å². The first-order chi connectivity index (χ1) is 6.66. The third-order valence-electron chi connectivity index (χ3n) is 1.56. The third kappa shape index (κ3) is 1.51. The van der Waals surface area contributed by atoms with E-state index < -0.39 is 5.97 Å². The van der Waals surface area contributed by atoms with Crippen LogP contribution in [-0.2, 0) is 0 Å². The van der Waals surface area contributed by atoms with Crippen molar-refractivity contribution in [3.8, 4) is 10.8 Å². The van der Waals surface area contributed by atoms with Gasteiger partial charge in [-0.1, -0.05) is 0 Å². The summed E-state index contributed by atoms with van der Waals surface area (Å²) in [7, 11) is 0. The Morgan fingerprint density at radius 1 is 1.64 bits per heavy atom. The molecule has 0 saturated carbocycles. The number of rotatable bonds is 2. The first-order valence-electron chi connectivity index (χ1n) is 3.79. The third-order valence-corrected chi connectivity index (χ3v) is 2.59. The second kappa shape index (κ2) is 3.22. The van der Waals surface area contributed by atoms with Crippen LogP contribution in [0.4, 0.5) is 0 Å². The lowest BCUT2D eigenvalue weighted by molar-refractivity contribution is 0.0680. The van der Waals surface area contributed by atoms with Gasteiger partial charge in [0.25, 0.3) is 11.7 Å². The van der Waals surface area contributed by atoms with Crippen LogP contribution in [0, 0.1) is 6.92 Å². The fourth-order valence-corrected chi connectivity index (χ4v) is 1.77. The molecule has 0 fully saturated rings. The number of aryl methyl sites for hydroxylation is 1. The van der Waals surface area contributed by atoms with Crippen LogP contribution in [0.5, 0.6) is 0 Å². The molecule has 14 heavy (non-hydrogen) atoms. The Morgan fingerprint density at radius 3 is 2.93 bits per heavy atom. The maximum absolute atomic E-state index is 10.5. The fourth-order valence-electron chi connectivity index (χ4n) is 0.954. The van der Waals surface area contributed by atoms with E-state index in [0.29, 0.717) is 0 Å². The molecule has 0 aliphatic carbocycles. The minimum absolute atomic E-state index is 0.250. The first kappa shape index (κ1) is 8.89. The van der Waals surface area contributed by atoms with Gasteiger partial charge in [0, 0.05) is 0 Å². The quantitative estimate of drug-likeness (QED) is 0.817. The van der Waals surface area contributed by atoms with Gasteiger partial charge in [-0.25, -0.2) is 4.79 Å². The molecule has 2 rings (SSSR count). The molecule has 0 aliphatic rings. The Hall–Kier alpha value is -1.69. The van der Waals surface area contributed by atoms with Gasteiger partial charge in [-0.2, -0.15) is 4.98 Å². The number of nitrogens with zero attached hydrogens (tertiary/aromatic N) is 2. The topological polar surface area (TPSA) is 76.2 Å². The van der Waals surface area contributed by atoms with Crippen LogP contribution in [0.2, 0.25) is 0 Å². The van der Waals surface area contributed by atoms with Gasteiger partial charge in [0.1, 0.15) is 0 Å². The van der Waals surface area contributed by atoms with Gasteiger partial charge in [-0.05, 0) is 29.1 Å². The number of carbonyl (C=O) groups is 1. The molecule has 0 amide bonds. The number of hydrogen-bond donors (Lipinski definition) is 1. The molecule has 72 valence electrons. The number of thiophene rings is 1. The molecule has 2 aromatic rings. The van der Waals surface area contributed by atoms with E-state index in [0.717, 1.165) is 10.4 Å². The van der Waals surface area contributed by atoms with E-state index in [9.17, 15) is 4.79 Å². The standard InChI is InChI=1S/C8H6N2O3S/c1-4-2-5(14-3-4)7-9-6(8(11)12)10-13-7/h2-3H,1H3,(H,11,12). The Bertz CT molecular complexity index is 474. The summed E-state index contributed by atoms with van der Waals surface area (Å²) in [5.74, 6) is -1.25. The van der Waals surface area contributed by atoms with E-state index >= 15 is 0 Å². The number of aromatic nitrogens is 2. The second-order valence-electron chi connectivity index (χ2n) is 2.72. The molecule has 0 aromatic carbocycles. The fraction of sp³-hybridized carbons (Fsp3) is 0.125. The summed E-state index contributed by atoms with van der Waals surface area (Å²) in [6, 6.07) is 1.86. The molecule has 0 radical (unpaired) electrons. The predicted octanol–water partition coefficient (Wildman–Crippen LogP) is 1.80. The molecule has 0 saturated heterocycles. The Labute approximate surface area is 83.0 Å². The van der Waals surface area contributed by atoms with Crippen molar-refractivity contribution < 1.29 is 14.4 Å². The highest BCUT2D eigenvalue weighted by Crippen LogP contribution is 2.24. The SMILES string of the molecule is Cc1csc(-c2nc(C(=O)O)no2)c1. The van der Waals surface area contributed by atoms with Crippen molar-refractivity contribution in [2.45, 2.75) is 6.92 Å². The molecule has 1 N–H and O–H groups in total. The molecule has 0 spiro atoms. The summed E-state index contributed by atoms with van der Waals surface area (Å²) in [5.41, 5.74) is 1.08.